The van der Waals surface area contributed by atoms with Crippen LogP contribution in [-0.4, -0.2) is 47.4 Å². The largest absolute Gasteiger partial charge is 0.468 e. The van der Waals surface area contributed by atoms with Crippen LogP contribution in [0.3, 0.4) is 0 Å². The molecule has 33 heavy (non-hydrogen) atoms. The summed E-state index contributed by atoms with van der Waals surface area (Å²) in [5.74, 6) is -2.92. The van der Waals surface area contributed by atoms with Crippen LogP contribution < -0.4 is 21.1 Å². The summed E-state index contributed by atoms with van der Waals surface area (Å²) in [6, 6.07) is 1.40. The smallest absolute Gasteiger partial charge is 0.319 e. The van der Waals surface area contributed by atoms with Crippen LogP contribution in [0, 0.1) is 11.6 Å². The van der Waals surface area contributed by atoms with Gasteiger partial charge in [-0.25, -0.2) is 13.6 Å². The first-order valence-corrected chi connectivity index (χ1v) is 11.8. The van der Waals surface area contributed by atoms with E-state index in [1.165, 1.54) is 19.8 Å². The fourth-order valence-electron chi connectivity index (χ4n) is 3.64. The number of hydrogen-bond acceptors (Lipinski definition) is 6. The molecule has 180 valence electrons. The van der Waals surface area contributed by atoms with E-state index in [2.05, 4.69) is 19.9 Å². The first kappa shape index (κ1) is 25.1. The molecule has 2 heterocycles. The van der Waals surface area contributed by atoms with E-state index in [0.717, 1.165) is 56.1 Å². The van der Waals surface area contributed by atoms with E-state index in [4.69, 9.17) is 22.1 Å². The van der Waals surface area contributed by atoms with Gasteiger partial charge >= 0.3 is 6.03 Å². The standard InChI is InChI=1S/C21H26ClF2N5O3S/c1-12(16-14(23)10-13(22)11-15(16)24)32-19-17(18(25)30)20(33-28-19)27-21(31)26-6-2-3-7-29-8-4-5-9-29/h10-12H,2-9H2,1H3,(H2,25,30)(H2,26,27,31). The van der Waals surface area contributed by atoms with Gasteiger partial charge in [-0.2, -0.15) is 4.37 Å². The van der Waals surface area contributed by atoms with Crippen molar-refractivity contribution in [1.82, 2.24) is 14.6 Å². The van der Waals surface area contributed by atoms with Crippen molar-refractivity contribution >= 4 is 40.1 Å². The monoisotopic (exact) mass is 501 g/mol. The van der Waals surface area contributed by atoms with E-state index in [-0.39, 0.29) is 27.0 Å². The molecule has 2 aromatic rings. The molecular formula is C21H26ClF2N5O3S. The van der Waals surface area contributed by atoms with Crippen LogP contribution in [0.2, 0.25) is 5.02 Å². The molecular weight excluding hydrogens is 476 g/mol. The topological polar surface area (TPSA) is 110 Å². The third kappa shape index (κ3) is 6.75. The Bertz CT molecular complexity index is 977. The number of anilines is 1. The summed E-state index contributed by atoms with van der Waals surface area (Å²) in [5, 5.41) is 5.24. The number of carbonyl (C=O) groups is 2. The van der Waals surface area contributed by atoms with Crippen molar-refractivity contribution in [3.8, 4) is 5.88 Å². The first-order valence-electron chi connectivity index (χ1n) is 10.6. The third-order valence-electron chi connectivity index (χ3n) is 5.26. The number of carbonyl (C=O) groups excluding carboxylic acids is 2. The van der Waals surface area contributed by atoms with E-state index in [1.807, 2.05) is 0 Å². The molecule has 1 atom stereocenters. The Hall–Kier alpha value is -2.50. The Kier molecular flexibility index (Phi) is 8.81. The zero-order chi connectivity index (χ0) is 24.0. The number of unbranched alkanes of at least 4 members (excludes halogenated alkanes) is 1. The van der Waals surface area contributed by atoms with Gasteiger partial charge in [-0.3, -0.25) is 10.1 Å². The molecule has 3 amide bonds. The Morgan fingerprint density at radius 2 is 1.94 bits per heavy atom. The van der Waals surface area contributed by atoms with E-state index in [9.17, 15) is 18.4 Å². The van der Waals surface area contributed by atoms with Gasteiger partial charge in [0.05, 0.1) is 5.56 Å². The van der Waals surface area contributed by atoms with Gasteiger partial charge in [-0.1, -0.05) is 11.6 Å². The van der Waals surface area contributed by atoms with Crippen LogP contribution >= 0.6 is 23.1 Å². The van der Waals surface area contributed by atoms with Crippen molar-refractivity contribution in [2.45, 2.75) is 38.7 Å². The van der Waals surface area contributed by atoms with Gasteiger partial charge < -0.3 is 20.7 Å². The Balaban J connectivity index is 1.57. The van der Waals surface area contributed by atoms with Gasteiger partial charge in [0.25, 0.3) is 5.91 Å². The van der Waals surface area contributed by atoms with Crippen LogP contribution in [0.25, 0.3) is 0 Å². The average molecular weight is 502 g/mol. The molecule has 0 saturated carbocycles. The second kappa shape index (κ2) is 11.6. The maximum absolute atomic E-state index is 14.2. The first-order chi connectivity index (χ1) is 15.8. The number of primary amides is 1. The average Bonchev–Trinajstić information content (AvgIpc) is 3.37. The summed E-state index contributed by atoms with van der Waals surface area (Å²) >= 11 is 6.43. The number of hydrogen-bond donors (Lipinski definition) is 3. The van der Waals surface area contributed by atoms with Gasteiger partial charge in [0, 0.05) is 11.6 Å². The number of nitrogens with two attached hydrogens (primary N) is 1. The number of likely N-dealkylation sites (tertiary alicyclic amines) is 1. The molecule has 3 rings (SSSR count). The van der Waals surface area contributed by atoms with Crippen molar-refractivity contribution in [2.75, 3.05) is 31.5 Å². The zero-order valence-corrected chi connectivity index (χ0v) is 19.7. The summed E-state index contributed by atoms with van der Waals surface area (Å²) in [5.41, 5.74) is 4.89. The zero-order valence-electron chi connectivity index (χ0n) is 18.1. The molecule has 8 nitrogen and oxygen atoms in total. The highest BCUT2D eigenvalue weighted by Gasteiger charge is 2.26. The molecule has 0 bridgehead atoms. The van der Waals surface area contributed by atoms with Gasteiger partial charge in [-0.15, -0.1) is 0 Å². The third-order valence-corrected chi connectivity index (χ3v) is 6.22. The highest BCUT2D eigenvalue weighted by Crippen LogP contribution is 2.34. The van der Waals surface area contributed by atoms with Crippen LogP contribution in [0.1, 0.15) is 54.6 Å². The lowest BCUT2D eigenvalue weighted by molar-refractivity contribution is 0.0994. The fourth-order valence-corrected chi connectivity index (χ4v) is 4.56. The Morgan fingerprint density at radius 3 is 2.58 bits per heavy atom. The molecule has 4 N–H and O–H groups in total. The van der Waals surface area contributed by atoms with E-state index < -0.39 is 29.7 Å². The normalized spacial score (nSPS) is 14.8. The van der Waals surface area contributed by atoms with Crippen LogP contribution in [0.15, 0.2) is 12.1 Å². The van der Waals surface area contributed by atoms with Crippen molar-refractivity contribution in [3.05, 3.63) is 39.9 Å². The van der Waals surface area contributed by atoms with E-state index in [0.29, 0.717) is 6.54 Å². The summed E-state index contributed by atoms with van der Waals surface area (Å²) in [6.45, 7) is 5.14. The number of urea groups is 1. The molecule has 1 aliphatic heterocycles. The fraction of sp³-hybridized carbons (Fsp3) is 0.476. The molecule has 1 aromatic carbocycles. The lowest BCUT2D eigenvalue weighted by atomic mass is 10.1. The maximum atomic E-state index is 14.2. The summed E-state index contributed by atoms with van der Waals surface area (Å²) in [6.07, 6.45) is 3.14. The van der Waals surface area contributed by atoms with Crippen molar-refractivity contribution in [2.24, 2.45) is 5.73 Å². The number of ether oxygens (including phenoxy) is 1. The summed E-state index contributed by atoms with van der Waals surface area (Å²) in [7, 11) is 0. The number of halogens is 3. The van der Waals surface area contributed by atoms with Crippen molar-refractivity contribution in [3.63, 3.8) is 0 Å². The lowest BCUT2D eigenvalue weighted by Crippen LogP contribution is -2.30. The molecule has 1 aliphatic rings. The van der Waals surface area contributed by atoms with Crippen LogP contribution in [0.4, 0.5) is 18.6 Å². The predicted molar refractivity (Wildman–Crippen MR) is 123 cm³/mol. The molecule has 0 spiro atoms. The van der Waals surface area contributed by atoms with Crippen molar-refractivity contribution < 1.29 is 23.1 Å². The summed E-state index contributed by atoms with van der Waals surface area (Å²) in [4.78, 5) is 26.6. The predicted octanol–water partition coefficient (Wildman–Crippen LogP) is 4.31. The minimum absolute atomic E-state index is 0.0799. The SMILES string of the molecule is CC(Oc1nsc(NC(=O)NCCCCN2CCCC2)c1C(N)=O)c1c(F)cc(Cl)cc1F. The molecule has 1 aromatic heterocycles. The second-order valence-electron chi connectivity index (χ2n) is 7.74. The summed E-state index contributed by atoms with van der Waals surface area (Å²) < 4.78 is 37.9. The number of nitrogens with zero attached hydrogens (tertiary/aromatic N) is 2. The quantitative estimate of drug-likeness (QED) is 0.420. The molecule has 1 fully saturated rings. The van der Waals surface area contributed by atoms with E-state index >= 15 is 0 Å². The van der Waals surface area contributed by atoms with Gasteiger partial charge in [0.2, 0.25) is 5.88 Å². The van der Waals surface area contributed by atoms with Gasteiger partial charge in [0.15, 0.2) is 0 Å². The number of nitrogens with one attached hydrogen (secondary N) is 2. The molecule has 0 radical (unpaired) electrons. The minimum atomic E-state index is -1.14. The van der Waals surface area contributed by atoms with E-state index in [1.54, 1.807) is 0 Å². The Labute approximate surface area is 199 Å². The Morgan fingerprint density at radius 1 is 1.27 bits per heavy atom. The number of benzene rings is 1. The highest BCUT2D eigenvalue weighted by atomic mass is 35.5. The van der Waals surface area contributed by atoms with Crippen LogP contribution in [0.5, 0.6) is 5.88 Å². The second-order valence-corrected chi connectivity index (χ2v) is 8.95. The lowest BCUT2D eigenvalue weighted by Gasteiger charge is -2.16. The molecule has 1 unspecified atom stereocenters. The van der Waals surface area contributed by atoms with Crippen molar-refractivity contribution in [1.29, 1.82) is 0 Å². The minimum Gasteiger partial charge on any atom is -0.468 e. The number of rotatable bonds is 10. The maximum Gasteiger partial charge on any atom is 0.319 e. The van der Waals surface area contributed by atoms with Crippen LogP contribution in [-0.2, 0) is 0 Å². The van der Waals surface area contributed by atoms with Gasteiger partial charge in [-0.05, 0) is 75.9 Å². The highest BCUT2D eigenvalue weighted by molar-refractivity contribution is 7.11. The van der Waals surface area contributed by atoms with Gasteiger partial charge in [0.1, 0.15) is 28.3 Å². The molecule has 1 saturated heterocycles. The number of amides is 3. The molecule has 12 heteroatoms. The molecule has 0 aliphatic carbocycles. The number of aromatic nitrogens is 1.